The van der Waals surface area contributed by atoms with Crippen LogP contribution in [0, 0.1) is 0 Å². The molecule has 1 heterocycles. The lowest BCUT2D eigenvalue weighted by Crippen LogP contribution is -2.24. The molecule has 0 unspecified atom stereocenters. The van der Waals surface area contributed by atoms with E-state index < -0.39 is 12.8 Å². The van der Waals surface area contributed by atoms with Crippen LogP contribution in [0.2, 0.25) is 0 Å². The average Bonchev–Trinajstić information content (AvgIpc) is 2.29. The van der Waals surface area contributed by atoms with Crippen LogP contribution in [0.1, 0.15) is 26.1 Å². The molecule has 0 amide bonds. The highest BCUT2D eigenvalue weighted by molar-refractivity contribution is 6.17. The van der Waals surface area contributed by atoms with Gasteiger partial charge in [0.15, 0.2) is 0 Å². The fourth-order valence-corrected chi connectivity index (χ4v) is 1.32. The molecule has 0 bridgehead atoms. The number of halogens is 2. The number of hydrogen-bond donors (Lipinski definition) is 0. The molecule has 1 aliphatic rings. The van der Waals surface area contributed by atoms with Gasteiger partial charge >= 0.3 is 0 Å². The summed E-state index contributed by atoms with van der Waals surface area (Å²) < 4.78 is 36.2. The summed E-state index contributed by atoms with van der Waals surface area (Å²) in [6.45, 7) is -1.61. The van der Waals surface area contributed by atoms with Gasteiger partial charge < -0.3 is 4.90 Å². The molecule has 0 N–H and O–H groups in total. The van der Waals surface area contributed by atoms with Crippen LogP contribution in [0.15, 0.2) is 0 Å². The van der Waals surface area contributed by atoms with Gasteiger partial charge in [-0.05, 0) is 32.8 Å². The highest BCUT2D eigenvalue weighted by Gasteiger charge is 2.19. The van der Waals surface area contributed by atoms with Gasteiger partial charge in [-0.15, -0.1) is 24.0 Å². The lowest BCUT2D eigenvalue weighted by molar-refractivity contribution is 0.305. The summed E-state index contributed by atoms with van der Waals surface area (Å²) in [6, 6.07) is -0.255. The molecule has 0 aromatic rings. The monoisotopic (exact) mass is 188 g/mol. The van der Waals surface area contributed by atoms with Gasteiger partial charge in [-0.2, -0.15) is 0 Å². The summed E-state index contributed by atoms with van der Waals surface area (Å²) in [5.41, 5.74) is 0. The quantitative estimate of drug-likeness (QED) is 0.601. The van der Waals surface area contributed by atoms with Crippen LogP contribution >= 0.6 is 24.0 Å². The normalized spacial score (nSPS) is 36.5. The van der Waals surface area contributed by atoms with Gasteiger partial charge in [0, 0.05) is 18.7 Å². The van der Waals surface area contributed by atoms with E-state index in [1.54, 1.807) is 0 Å². The molecule has 3 heteroatoms. The predicted octanol–water partition coefficient (Wildman–Crippen LogP) is 2.13. The van der Waals surface area contributed by atoms with E-state index in [2.05, 4.69) is 0 Å². The second-order valence-electron chi connectivity index (χ2n) is 2.33. The molecule has 1 aliphatic heterocycles. The smallest absolute Gasteiger partial charge is 0.0436 e. The van der Waals surface area contributed by atoms with Crippen molar-refractivity contribution in [3.63, 3.8) is 0 Å². The zero-order valence-electron chi connectivity index (χ0n) is 10.6. The van der Waals surface area contributed by atoms with E-state index in [4.69, 9.17) is 18.5 Å². The molecular weight excluding hydrogens is 169 g/mol. The van der Waals surface area contributed by atoms with Gasteiger partial charge in [0.05, 0.1) is 0 Å². The molecule has 10 heavy (non-hydrogen) atoms. The molecule has 0 aromatic carbocycles. The van der Waals surface area contributed by atoms with Crippen LogP contribution < -0.4 is 0 Å². The van der Waals surface area contributed by atoms with Gasteiger partial charge in [0.1, 0.15) is 0 Å². The van der Waals surface area contributed by atoms with Crippen molar-refractivity contribution in [3.8, 4) is 0 Å². The van der Waals surface area contributed by atoms with Crippen LogP contribution in [-0.4, -0.2) is 30.3 Å². The first-order valence-corrected chi connectivity index (χ1v) is 3.54. The fraction of sp³-hybridized carbons (Fsp3) is 1.00. The molecule has 0 radical (unpaired) electrons. The van der Waals surface area contributed by atoms with Gasteiger partial charge in [-0.3, -0.25) is 0 Å². The van der Waals surface area contributed by atoms with Crippen molar-refractivity contribution >= 4 is 24.0 Å². The third-order valence-corrected chi connectivity index (χ3v) is 1.84. The molecule has 0 spiro atoms. The Bertz CT molecular complexity index is 203. The lowest BCUT2D eigenvalue weighted by Gasteiger charge is -2.17. The van der Waals surface area contributed by atoms with E-state index in [1.165, 1.54) is 4.90 Å². The van der Waals surface area contributed by atoms with Crippen molar-refractivity contribution in [2.24, 2.45) is 0 Å². The SMILES string of the molecule is Cl.[2H]C([2H])(Cl)C[C@H]1CCCN1C([2H])([2H])[2H]. The van der Waals surface area contributed by atoms with E-state index in [0.717, 1.165) is 6.42 Å². The van der Waals surface area contributed by atoms with Crippen molar-refractivity contribution in [2.75, 3.05) is 19.4 Å². The van der Waals surface area contributed by atoms with E-state index in [-0.39, 0.29) is 24.9 Å². The largest absolute Gasteiger partial charge is 0.303 e. The maximum atomic E-state index is 7.26. The molecule has 1 saturated heterocycles. The van der Waals surface area contributed by atoms with Crippen molar-refractivity contribution in [1.29, 1.82) is 0 Å². The van der Waals surface area contributed by atoms with E-state index >= 15 is 0 Å². The van der Waals surface area contributed by atoms with Crippen LogP contribution in [0.25, 0.3) is 0 Å². The van der Waals surface area contributed by atoms with Crippen molar-refractivity contribution in [2.45, 2.75) is 25.3 Å². The van der Waals surface area contributed by atoms with E-state index in [0.29, 0.717) is 13.0 Å². The van der Waals surface area contributed by atoms with E-state index in [1.807, 2.05) is 0 Å². The Kier molecular flexibility index (Phi) is 2.37. The van der Waals surface area contributed by atoms with Crippen LogP contribution in [0.5, 0.6) is 0 Å². The van der Waals surface area contributed by atoms with Crippen molar-refractivity contribution < 1.29 is 6.85 Å². The van der Waals surface area contributed by atoms with Gasteiger partial charge in [0.2, 0.25) is 0 Å². The van der Waals surface area contributed by atoms with Crippen molar-refractivity contribution in [3.05, 3.63) is 0 Å². The molecule has 1 fully saturated rings. The second kappa shape index (κ2) is 5.22. The van der Waals surface area contributed by atoms with Gasteiger partial charge in [0.25, 0.3) is 0 Å². The third-order valence-electron chi connectivity index (χ3n) is 1.69. The first-order valence-electron chi connectivity index (χ1n) is 5.66. The minimum atomic E-state index is -2.12. The molecular formula is C7H15Cl2N. The molecule has 1 atom stereocenters. The maximum absolute atomic E-state index is 7.26. The van der Waals surface area contributed by atoms with Gasteiger partial charge in [-0.1, -0.05) is 0 Å². The first-order chi connectivity index (χ1) is 6.20. The highest BCUT2D eigenvalue weighted by atomic mass is 35.5. The number of rotatable bonds is 2. The summed E-state index contributed by atoms with van der Waals surface area (Å²) in [7, 11) is 0. The van der Waals surface area contributed by atoms with Crippen molar-refractivity contribution in [1.82, 2.24) is 4.90 Å². The zero-order valence-corrected chi connectivity index (χ0v) is 7.21. The molecule has 62 valence electrons. The standard InChI is InChI=1S/C7H14ClN.ClH/c1-9-6-2-3-7(9)4-5-8;/h7H,2-6H2,1H3;1H/t7-;/m1./s1/i1D3,5D2;. The van der Waals surface area contributed by atoms with E-state index in [9.17, 15) is 0 Å². The molecule has 1 rings (SSSR count). The van der Waals surface area contributed by atoms with Crippen LogP contribution in [0.4, 0.5) is 0 Å². The zero-order chi connectivity index (χ0) is 11.0. The Morgan fingerprint density at radius 2 is 2.70 bits per heavy atom. The summed E-state index contributed by atoms with van der Waals surface area (Å²) in [4.78, 5) is 1.37. The first kappa shape index (κ1) is 4.54. The minimum Gasteiger partial charge on any atom is -0.303 e. The maximum Gasteiger partial charge on any atom is 0.0436 e. The molecule has 1 nitrogen and oxygen atoms in total. The lowest BCUT2D eigenvalue weighted by atomic mass is 10.2. The Morgan fingerprint density at radius 1 is 1.90 bits per heavy atom. The summed E-state index contributed by atoms with van der Waals surface area (Å²) in [5, 5.41) is 0. The summed E-state index contributed by atoms with van der Waals surface area (Å²) in [6.07, 6.45) is 1.59. The minimum absolute atomic E-state index is 0. The Labute approximate surface area is 81.2 Å². The second-order valence-corrected chi connectivity index (χ2v) is 2.59. The molecule has 0 aromatic heterocycles. The highest BCUT2D eigenvalue weighted by Crippen LogP contribution is 2.17. The Hall–Kier alpha value is 0.540. The summed E-state index contributed by atoms with van der Waals surface area (Å²) >= 11 is 5.45. The number of hydrogen-bond acceptors (Lipinski definition) is 1. The Balaban J connectivity index is 0.00000196. The van der Waals surface area contributed by atoms with Crippen LogP contribution in [-0.2, 0) is 0 Å². The van der Waals surface area contributed by atoms with Gasteiger partial charge in [-0.25, -0.2) is 0 Å². The fourth-order valence-electron chi connectivity index (χ4n) is 1.14. The third kappa shape index (κ3) is 2.65. The summed E-state index contributed by atoms with van der Waals surface area (Å²) in [5.74, 6) is -1.81. The number of likely N-dealkylation sites (tertiary alicyclic amines) is 1. The topological polar surface area (TPSA) is 3.24 Å². The predicted molar refractivity (Wildman–Crippen MR) is 48.2 cm³/mol. The average molecular weight is 189 g/mol. The number of nitrogens with zero attached hydrogens (tertiary/aromatic N) is 1. The molecule has 0 aliphatic carbocycles. The molecule has 0 saturated carbocycles. The Morgan fingerprint density at radius 3 is 3.30 bits per heavy atom. The van der Waals surface area contributed by atoms with Crippen LogP contribution in [0.3, 0.4) is 0 Å². The number of alkyl halides is 1.